The highest BCUT2D eigenvalue weighted by Crippen LogP contribution is 2.39. The lowest BCUT2D eigenvalue weighted by atomic mass is 9.83. The number of carbonyl (C=O) groups excluding carboxylic acids is 1. The van der Waals surface area contributed by atoms with Gasteiger partial charge in [0, 0.05) is 18.7 Å². The predicted octanol–water partition coefficient (Wildman–Crippen LogP) is 4.15. The van der Waals surface area contributed by atoms with Gasteiger partial charge in [0.25, 0.3) is 5.91 Å². The summed E-state index contributed by atoms with van der Waals surface area (Å²) in [4.78, 5) is 12.6. The number of carbonyl (C=O) groups is 1. The molecule has 1 saturated heterocycles. The minimum Gasteiger partial charge on any atom is -0.493 e. The average Bonchev–Trinajstić information content (AvgIpc) is 3.11. The van der Waals surface area contributed by atoms with Crippen molar-refractivity contribution in [2.45, 2.75) is 43.8 Å². The summed E-state index contributed by atoms with van der Waals surface area (Å²) in [6.07, 6.45) is -4.33. The highest BCUT2D eigenvalue weighted by atomic mass is 32.2. The van der Waals surface area contributed by atoms with E-state index in [0.29, 0.717) is 22.8 Å². The second-order valence-electron chi connectivity index (χ2n) is 9.42. The van der Waals surface area contributed by atoms with Gasteiger partial charge in [0.15, 0.2) is 11.5 Å². The van der Waals surface area contributed by atoms with Crippen LogP contribution >= 0.6 is 0 Å². The van der Waals surface area contributed by atoms with Crippen molar-refractivity contribution in [3.63, 3.8) is 0 Å². The van der Waals surface area contributed by atoms with Gasteiger partial charge in [0.1, 0.15) is 0 Å². The molecule has 2 aromatic rings. The summed E-state index contributed by atoms with van der Waals surface area (Å²) in [7, 11) is -1.35. The molecule has 2 aromatic carbocycles. The Bertz CT molecular complexity index is 1330. The van der Waals surface area contributed by atoms with E-state index in [1.165, 1.54) is 25.3 Å². The number of nitrogens with zero attached hydrogens (tertiary/aromatic N) is 3. The smallest absolute Gasteiger partial charge is 0.417 e. The molecule has 0 saturated carbocycles. The summed E-state index contributed by atoms with van der Waals surface area (Å²) >= 11 is 0. The first-order chi connectivity index (χ1) is 17.3. The van der Waals surface area contributed by atoms with E-state index in [2.05, 4.69) is 5.10 Å². The van der Waals surface area contributed by atoms with Gasteiger partial charge in [-0.05, 0) is 57.0 Å². The van der Waals surface area contributed by atoms with E-state index in [1.807, 2.05) is 0 Å². The highest BCUT2D eigenvalue weighted by molar-refractivity contribution is 7.89. The summed E-state index contributed by atoms with van der Waals surface area (Å²) in [6.45, 7) is 3.45. The summed E-state index contributed by atoms with van der Waals surface area (Å²) < 4.78 is 78.2. The Balaban J connectivity index is 1.56. The number of amides is 1. The molecule has 4 rings (SSSR count). The van der Waals surface area contributed by atoms with Gasteiger partial charge in [-0.1, -0.05) is 12.1 Å². The van der Waals surface area contributed by atoms with Crippen molar-refractivity contribution in [3.8, 4) is 11.5 Å². The first kappa shape index (κ1) is 26.9. The fraction of sp³-hybridized carbons (Fsp3) is 0.440. The van der Waals surface area contributed by atoms with Crippen LogP contribution in [0, 0.1) is 5.41 Å². The number of ether oxygens (including phenoxy) is 2. The standard InChI is InChI=1S/C25H28F3N3O5S/c1-24(2)22(16-9-10-19(35-3)20(15-16)36-4)29-31(23(24)32)17-11-13-30(14-12-17)37(33,34)21-8-6-5-7-18(21)25(26,27)28/h5-10,15,17H,11-14H2,1-4H3. The molecule has 8 nitrogen and oxygen atoms in total. The Hall–Kier alpha value is -3.12. The summed E-state index contributed by atoms with van der Waals surface area (Å²) in [6, 6.07) is 9.00. The molecule has 2 aliphatic rings. The summed E-state index contributed by atoms with van der Waals surface area (Å²) in [5, 5.41) is 6.01. The number of piperidine rings is 1. The zero-order chi connectivity index (χ0) is 27.2. The quantitative estimate of drug-likeness (QED) is 0.551. The molecule has 0 spiro atoms. The fourth-order valence-electron chi connectivity index (χ4n) is 4.71. The van der Waals surface area contributed by atoms with Gasteiger partial charge in [0.2, 0.25) is 10.0 Å². The monoisotopic (exact) mass is 539 g/mol. The lowest BCUT2D eigenvalue weighted by Crippen LogP contribution is -2.47. The van der Waals surface area contributed by atoms with Crippen LogP contribution in [0.25, 0.3) is 0 Å². The van der Waals surface area contributed by atoms with Gasteiger partial charge >= 0.3 is 6.18 Å². The number of halogens is 3. The largest absolute Gasteiger partial charge is 0.493 e. The SMILES string of the molecule is COc1ccc(C2=NN(C3CCN(S(=O)(=O)c4ccccc4C(F)(F)F)CC3)C(=O)C2(C)C)cc1OC. The molecule has 0 N–H and O–H groups in total. The zero-order valence-electron chi connectivity index (χ0n) is 20.9. The van der Waals surface area contributed by atoms with Crippen molar-refractivity contribution in [2.75, 3.05) is 27.3 Å². The molecule has 0 unspecified atom stereocenters. The number of rotatable bonds is 6. The highest BCUT2D eigenvalue weighted by Gasteiger charge is 2.47. The van der Waals surface area contributed by atoms with E-state index in [9.17, 15) is 26.4 Å². The molecular formula is C25H28F3N3O5S. The van der Waals surface area contributed by atoms with Crippen molar-refractivity contribution < 1.29 is 35.9 Å². The minimum atomic E-state index is -4.80. The first-order valence-corrected chi connectivity index (χ1v) is 13.1. The molecular weight excluding hydrogens is 511 g/mol. The first-order valence-electron chi connectivity index (χ1n) is 11.6. The van der Waals surface area contributed by atoms with E-state index in [-0.39, 0.29) is 31.8 Å². The lowest BCUT2D eigenvalue weighted by molar-refractivity contribution is -0.140. The summed E-state index contributed by atoms with van der Waals surface area (Å²) in [5.74, 6) is 0.787. The van der Waals surface area contributed by atoms with Gasteiger partial charge in [-0.2, -0.15) is 22.6 Å². The maximum Gasteiger partial charge on any atom is 0.417 e. The molecule has 1 amide bonds. The Morgan fingerprint density at radius 3 is 2.22 bits per heavy atom. The van der Waals surface area contributed by atoms with Crippen molar-refractivity contribution in [1.29, 1.82) is 0 Å². The van der Waals surface area contributed by atoms with Crippen molar-refractivity contribution in [2.24, 2.45) is 10.5 Å². The van der Waals surface area contributed by atoms with E-state index >= 15 is 0 Å². The minimum absolute atomic E-state index is 0.0371. The Kier molecular flexibility index (Phi) is 7.02. The number of alkyl halides is 3. The van der Waals surface area contributed by atoms with Crippen LogP contribution in [0.1, 0.15) is 37.8 Å². The zero-order valence-corrected chi connectivity index (χ0v) is 21.7. The molecule has 0 bridgehead atoms. The number of benzene rings is 2. The van der Waals surface area contributed by atoms with E-state index in [1.54, 1.807) is 32.0 Å². The fourth-order valence-corrected chi connectivity index (χ4v) is 6.39. The van der Waals surface area contributed by atoms with E-state index in [4.69, 9.17) is 9.47 Å². The molecule has 0 radical (unpaired) electrons. The van der Waals surface area contributed by atoms with Gasteiger partial charge in [-0.3, -0.25) is 4.79 Å². The molecule has 12 heteroatoms. The van der Waals surface area contributed by atoms with Crippen LogP contribution in [0.15, 0.2) is 52.5 Å². The van der Waals surface area contributed by atoms with Crippen LogP contribution in [0.5, 0.6) is 11.5 Å². The second kappa shape index (κ2) is 9.64. The molecule has 2 aliphatic heterocycles. The average molecular weight is 540 g/mol. The second-order valence-corrected chi connectivity index (χ2v) is 11.3. The maximum atomic E-state index is 13.4. The Morgan fingerprint density at radius 2 is 1.62 bits per heavy atom. The molecule has 0 aliphatic carbocycles. The molecule has 37 heavy (non-hydrogen) atoms. The molecule has 2 heterocycles. The number of hydrazone groups is 1. The van der Waals surface area contributed by atoms with Crippen LogP contribution in [-0.2, 0) is 21.0 Å². The van der Waals surface area contributed by atoms with Crippen molar-refractivity contribution in [1.82, 2.24) is 9.31 Å². The van der Waals surface area contributed by atoms with Crippen LogP contribution in [-0.4, -0.2) is 62.7 Å². The van der Waals surface area contributed by atoms with Crippen molar-refractivity contribution >= 4 is 21.6 Å². The Labute approximate surface area is 213 Å². The Morgan fingerprint density at radius 1 is 1.00 bits per heavy atom. The van der Waals surface area contributed by atoms with Gasteiger partial charge in [-0.15, -0.1) is 0 Å². The van der Waals surface area contributed by atoms with Gasteiger partial charge in [0.05, 0.1) is 41.8 Å². The molecule has 0 aromatic heterocycles. The number of sulfonamides is 1. The van der Waals surface area contributed by atoms with Crippen LogP contribution in [0.4, 0.5) is 13.2 Å². The maximum absolute atomic E-state index is 13.4. The number of methoxy groups -OCH3 is 2. The topological polar surface area (TPSA) is 88.5 Å². The predicted molar refractivity (Wildman–Crippen MR) is 130 cm³/mol. The summed E-state index contributed by atoms with van der Waals surface area (Å²) in [5.41, 5.74) is -0.929. The molecule has 200 valence electrons. The third-order valence-corrected chi connectivity index (χ3v) is 8.74. The van der Waals surface area contributed by atoms with Gasteiger partial charge < -0.3 is 9.47 Å². The van der Waals surface area contributed by atoms with E-state index < -0.39 is 38.1 Å². The third kappa shape index (κ3) is 4.79. The normalized spacial score (nSPS) is 19.2. The van der Waals surface area contributed by atoms with Crippen molar-refractivity contribution in [3.05, 3.63) is 53.6 Å². The molecule has 1 fully saturated rings. The number of hydrogen-bond acceptors (Lipinski definition) is 6. The van der Waals surface area contributed by atoms with Crippen LogP contribution < -0.4 is 9.47 Å². The van der Waals surface area contributed by atoms with Crippen LogP contribution in [0.3, 0.4) is 0 Å². The van der Waals surface area contributed by atoms with Gasteiger partial charge in [-0.25, -0.2) is 13.4 Å². The van der Waals surface area contributed by atoms with Crippen LogP contribution in [0.2, 0.25) is 0 Å². The van der Waals surface area contributed by atoms with E-state index in [0.717, 1.165) is 22.5 Å². The third-order valence-electron chi connectivity index (χ3n) is 6.78. The number of hydrogen-bond donors (Lipinski definition) is 0. The molecule has 0 atom stereocenters. The lowest BCUT2D eigenvalue weighted by Gasteiger charge is -2.35.